The van der Waals surface area contributed by atoms with Gasteiger partial charge in [-0.1, -0.05) is 19.9 Å². The van der Waals surface area contributed by atoms with Crippen LogP contribution in [-0.4, -0.2) is 39.2 Å². The number of nitrogens with zero attached hydrogens (tertiary/aromatic N) is 2. The number of aromatic nitrogens is 2. The Kier molecular flexibility index (Phi) is 6.93. The van der Waals surface area contributed by atoms with Crippen molar-refractivity contribution in [3.63, 3.8) is 0 Å². The van der Waals surface area contributed by atoms with Crippen molar-refractivity contribution in [3.8, 4) is 0 Å². The van der Waals surface area contributed by atoms with E-state index in [0.29, 0.717) is 36.6 Å². The Bertz CT molecular complexity index is 779. The molecule has 2 aromatic rings. The zero-order valence-electron chi connectivity index (χ0n) is 15.6. The van der Waals surface area contributed by atoms with Gasteiger partial charge in [-0.25, -0.2) is 4.98 Å². The van der Waals surface area contributed by atoms with E-state index in [4.69, 9.17) is 0 Å². The highest BCUT2D eigenvalue weighted by Gasteiger charge is 2.17. The van der Waals surface area contributed by atoms with Crippen molar-refractivity contribution in [3.05, 3.63) is 39.3 Å². The number of rotatable bonds is 9. The summed E-state index contributed by atoms with van der Waals surface area (Å²) >= 11 is 1.56. The molecule has 0 saturated heterocycles. The molecule has 2 aromatic heterocycles. The third-order valence-electron chi connectivity index (χ3n) is 4.26. The minimum atomic E-state index is -0.404. The van der Waals surface area contributed by atoms with Gasteiger partial charge in [0.15, 0.2) is 0 Å². The van der Waals surface area contributed by atoms with Crippen LogP contribution in [0.25, 0.3) is 10.2 Å². The van der Waals surface area contributed by atoms with Crippen molar-refractivity contribution < 1.29 is 5.11 Å². The van der Waals surface area contributed by atoms with Crippen LogP contribution in [0.1, 0.15) is 43.0 Å². The van der Waals surface area contributed by atoms with Gasteiger partial charge in [0.25, 0.3) is 5.56 Å². The highest BCUT2D eigenvalue weighted by atomic mass is 32.1. The van der Waals surface area contributed by atoms with E-state index in [9.17, 15) is 9.90 Å². The second kappa shape index (κ2) is 8.74. The Morgan fingerprint density at radius 1 is 1.36 bits per heavy atom. The van der Waals surface area contributed by atoms with E-state index >= 15 is 0 Å². The Labute approximate surface area is 153 Å². The monoisotopic (exact) mass is 363 g/mol. The van der Waals surface area contributed by atoms with Crippen LogP contribution < -0.4 is 5.56 Å². The maximum atomic E-state index is 12.4. The van der Waals surface area contributed by atoms with E-state index in [-0.39, 0.29) is 5.56 Å². The summed E-state index contributed by atoms with van der Waals surface area (Å²) < 4.78 is 0. The number of hydrogen-bond donors (Lipinski definition) is 2. The Morgan fingerprint density at radius 3 is 2.72 bits per heavy atom. The number of aromatic amines is 1. The molecule has 0 bridgehead atoms. The number of fused-ring (bicyclic) bond motifs is 1. The highest BCUT2D eigenvalue weighted by molar-refractivity contribution is 7.18. The number of aliphatic hydroxyl groups excluding tert-OH is 1. The Balaban J connectivity index is 2.21. The first-order chi connectivity index (χ1) is 11.8. The topological polar surface area (TPSA) is 69.2 Å². The van der Waals surface area contributed by atoms with Gasteiger partial charge in [0.05, 0.1) is 18.0 Å². The second-order valence-electron chi connectivity index (χ2n) is 7.08. The molecule has 0 radical (unpaired) electrons. The predicted octanol–water partition coefficient (Wildman–Crippen LogP) is 3.39. The fourth-order valence-corrected chi connectivity index (χ4v) is 4.05. The molecule has 2 rings (SSSR count). The van der Waals surface area contributed by atoms with Gasteiger partial charge in [-0.15, -0.1) is 17.9 Å². The third kappa shape index (κ3) is 5.23. The van der Waals surface area contributed by atoms with Crippen molar-refractivity contribution in [1.29, 1.82) is 0 Å². The van der Waals surface area contributed by atoms with Crippen LogP contribution in [0.2, 0.25) is 0 Å². The predicted molar refractivity (Wildman–Crippen MR) is 105 cm³/mol. The molecular weight excluding hydrogens is 334 g/mol. The lowest BCUT2D eigenvalue weighted by Gasteiger charge is -2.26. The lowest BCUT2D eigenvalue weighted by Crippen LogP contribution is -2.35. The van der Waals surface area contributed by atoms with Crippen molar-refractivity contribution in [2.75, 3.05) is 13.1 Å². The highest BCUT2D eigenvalue weighted by Crippen LogP contribution is 2.25. The molecule has 0 fully saturated rings. The minimum absolute atomic E-state index is 0.0708. The van der Waals surface area contributed by atoms with Crippen LogP contribution in [-0.2, 0) is 6.54 Å². The Morgan fingerprint density at radius 2 is 2.08 bits per heavy atom. The first-order valence-electron chi connectivity index (χ1n) is 8.82. The summed E-state index contributed by atoms with van der Waals surface area (Å²) in [6.45, 7) is 13.9. The van der Waals surface area contributed by atoms with E-state index in [1.165, 1.54) is 0 Å². The molecule has 0 aliphatic rings. The van der Waals surface area contributed by atoms with Gasteiger partial charge in [0, 0.05) is 18.0 Å². The largest absolute Gasteiger partial charge is 0.392 e. The molecule has 2 heterocycles. The van der Waals surface area contributed by atoms with Crippen LogP contribution in [0.5, 0.6) is 0 Å². The number of nitrogens with one attached hydrogen (secondary N) is 1. The van der Waals surface area contributed by atoms with E-state index in [1.807, 2.05) is 19.9 Å². The summed E-state index contributed by atoms with van der Waals surface area (Å²) in [7, 11) is 0. The maximum absolute atomic E-state index is 12.4. The van der Waals surface area contributed by atoms with E-state index in [2.05, 4.69) is 35.3 Å². The molecule has 0 aromatic carbocycles. The number of thiophene rings is 1. The molecule has 6 heteroatoms. The first kappa shape index (κ1) is 19.8. The zero-order valence-corrected chi connectivity index (χ0v) is 16.4. The first-order valence-corrected chi connectivity index (χ1v) is 9.63. The van der Waals surface area contributed by atoms with E-state index in [0.717, 1.165) is 28.2 Å². The average Bonchev–Trinajstić information content (AvgIpc) is 2.79. The van der Waals surface area contributed by atoms with Gasteiger partial charge in [0.2, 0.25) is 0 Å². The van der Waals surface area contributed by atoms with Gasteiger partial charge in [0.1, 0.15) is 10.7 Å². The molecule has 2 N–H and O–H groups in total. The molecule has 1 unspecified atom stereocenters. The molecule has 138 valence electrons. The maximum Gasteiger partial charge on any atom is 0.259 e. The summed E-state index contributed by atoms with van der Waals surface area (Å²) in [6.07, 6.45) is 2.92. The van der Waals surface area contributed by atoms with E-state index in [1.54, 1.807) is 11.3 Å². The standard InChI is InChI=1S/C19H29N3O2S/c1-6-7-8-15(23)10-22(9-12(2)3)11-16-20-18(24)17-13(4)14(5)25-19(17)21-16/h6,12,15,23H,1,7-11H2,2-5H3,(H,20,21,24). The van der Waals surface area contributed by atoms with Crippen molar-refractivity contribution >= 4 is 21.6 Å². The number of H-pyrrole nitrogens is 1. The number of allylic oxidation sites excluding steroid dienone is 1. The second-order valence-corrected chi connectivity index (χ2v) is 8.29. The van der Waals surface area contributed by atoms with Crippen LogP contribution >= 0.6 is 11.3 Å². The number of hydrogen-bond acceptors (Lipinski definition) is 5. The van der Waals surface area contributed by atoms with Crippen molar-refractivity contribution in [1.82, 2.24) is 14.9 Å². The summed E-state index contributed by atoms with van der Waals surface area (Å²) in [5.41, 5.74) is 0.942. The lowest BCUT2D eigenvalue weighted by molar-refractivity contribution is 0.0943. The molecule has 25 heavy (non-hydrogen) atoms. The van der Waals surface area contributed by atoms with Gasteiger partial charge in [-0.3, -0.25) is 9.69 Å². The fraction of sp³-hybridized carbons (Fsp3) is 0.579. The molecule has 1 atom stereocenters. The molecule has 0 spiro atoms. The fourth-order valence-electron chi connectivity index (χ4n) is 3.01. The summed E-state index contributed by atoms with van der Waals surface area (Å²) in [6, 6.07) is 0. The molecule has 0 aliphatic carbocycles. The van der Waals surface area contributed by atoms with E-state index < -0.39 is 6.10 Å². The minimum Gasteiger partial charge on any atom is -0.392 e. The zero-order chi connectivity index (χ0) is 18.6. The smallest absolute Gasteiger partial charge is 0.259 e. The van der Waals surface area contributed by atoms with Gasteiger partial charge in [-0.05, 0) is 38.2 Å². The van der Waals surface area contributed by atoms with Gasteiger partial charge < -0.3 is 10.1 Å². The molecule has 0 amide bonds. The summed E-state index contributed by atoms with van der Waals surface area (Å²) in [5, 5.41) is 10.9. The van der Waals surface area contributed by atoms with Crippen LogP contribution in [0.3, 0.4) is 0 Å². The molecular formula is C19H29N3O2S. The van der Waals surface area contributed by atoms with Crippen molar-refractivity contribution in [2.45, 2.75) is 53.2 Å². The summed E-state index contributed by atoms with van der Waals surface area (Å²) in [4.78, 5) is 24.1. The Hall–Kier alpha value is -1.50. The quantitative estimate of drug-likeness (QED) is 0.670. The van der Waals surface area contributed by atoms with Gasteiger partial charge in [-0.2, -0.15) is 0 Å². The molecule has 0 aliphatic heterocycles. The van der Waals surface area contributed by atoms with Crippen LogP contribution in [0.4, 0.5) is 0 Å². The molecule has 0 saturated carbocycles. The van der Waals surface area contributed by atoms with Gasteiger partial charge >= 0.3 is 0 Å². The van der Waals surface area contributed by atoms with Crippen LogP contribution in [0, 0.1) is 19.8 Å². The normalized spacial score (nSPS) is 13.1. The number of aryl methyl sites for hydroxylation is 2. The SMILES string of the molecule is C=CCCC(O)CN(Cc1nc2sc(C)c(C)c2c(=O)[nH]1)CC(C)C. The summed E-state index contributed by atoms with van der Waals surface area (Å²) in [5.74, 6) is 1.13. The lowest BCUT2D eigenvalue weighted by atomic mass is 10.1. The van der Waals surface area contributed by atoms with Crippen LogP contribution in [0.15, 0.2) is 17.4 Å². The van der Waals surface area contributed by atoms with Crippen molar-refractivity contribution in [2.24, 2.45) is 5.92 Å². The molecule has 5 nitrogen and oxygen atoms in total. The number of aliphatic hydroxyl groups is 1. The average molecular weight is 364 g/mol. The third-order valence-corrected chi connectivity index (χ3v) is 5.36.